The van der Waals surface area contributed by atoms with Crippen molar-refractivity contribution in [2.75, 3.05) is 7.05 Å². The Morgan fingerprint density at radius 3 is 2.44 bits per heavy atom. The van der Waals surface area contributed by atoms with Gasteiger partial charge >= 0.3 is 6.09 Å². The number of halogens is 2. The van der Waals surface area contributed by atoms with Crippen LogP contribution in [0.2, 0.25) is 0 Å². The quantitative estimate of drug-likeness (QED) is 0.710. The molecular weight excluding hydrogens is 417 g/mol. The predicted octanol–water partition coefficient (Wildman–Crippen LogP) is 4.18. The molecule has 1 heterocycles. The standard InChI is InChI=1S/C19H25BrFN3O3/c1-17(2,3)27-16(26)22-15-23-19(6,18(4,5)14(25)24(15)7)12-10-11(20)8-9-13(12)21/h8-10H,1-7H3,(H,22,23,26). The first kappa shape index (κ1) is 21.3. The molecule has 1 unspecified atom stereocenters. The SMILES string of the molecule is CN1C(=O)C(C)(C)C(C)(c2cc(Br)ccc2F)N=C1NC(=O)OC(C)(C)C. The number of hydrogen-bond acceptors (Lipinski definition) is 4. The van der Waals surface area contributed by atoms with E-state index in [1.165, 1.54) is 18.0 Å². The molecule has 1 aromatic rings. The molecule has 1 aliphatic heterocycles. The van der Waals surface area contributed by atoms with Crippen molar-refractivity contribution in [2.45, 2.75) is 52.7 Å². The molecule has 0 fully saturated rings. The van der Waals surface area contributed by atoms with E-state index in [1.807, 2.05) is 0 Å². The van der Waals surface area contributed by atoms with Crippen LogP contribution in [-0.4, -0.2) is 35.5 Å². The van der Waals surface area contributed by atoms with Crippen LogP contribution >= 0.6 is 15.9 Å². The van der Waals surface area contributed by atoms with E-state index in [4.69, 9.17) is 4.74 Å². The van der Waals surface area contributed by atoms with Gasteiger partial charge in [-0.1, -0.05) is 15.9 Å². The lowest BCUT2D eigenvalue weighted by Gasteiger charge is -2.46. The van der Waals surface area contributed by atoms with Gasteiger partial charge in [0, 0.05) is 17.1 Å². The van der Waals surface area contributed by atoms with Crippen LogP contribution in [0.4, 0.5) is 9.18 Å². The number of ether oxygens (including phenoxy) is 1. The summed E-state index contributed by atoms with van der Waals surface area (Å²) in [6.07, 6.45) is -0.738. The molecular formula is C19H25BrFN3O3. The van der Waals surface area contributed by atoms with Gasteiger partial charge in [-0.05, 0) is 59.7 Å². The number of nitrogens with zero attached hydrogens (tertiary/aromatic N) is 2. The smallest absolute Gasteiger partial charge is 0.414 e. The second-order valence-electron chi connectivity index (χ2n) is 8.25. The molecule has 0 saturated carbocycles. The third kappa shape index (κ3) is 4.00. The van der Waals surface area contributed by atoms with Gasteiger partial charge in [0.2, 0.25) is 11.9 Å². The zero-order valence-corrected chi connectivity index (χ0v) is 18.2. The Hall–Kier alpha value is -1.96. The Labute approximate surface area is 167 Å². The summed E-state index contributed by atoms with van der Waals surface area (Å²) in [6, 6.07) is 4.50. The predicted molar refractivity (Wildman–Crippen MR) is 105 cm³/mol. The molecule has 0 bridgehead atoms. The summed E-state index contributed by atoms with van der Waals surface area (Å²) in [4.78, 5) is 31.0. The van der Waals surface area contributed by atoms with Crippen LogP contribution in [0.1, 0.15) is 47.1 Å². The first-order valence-electron chi connectivity index (χ1n) is 8.52. The van der Waals surface area contributed by atoms with Gasteiger partial charge in [0.25, 0.3) is 0 Å². The van der Waals surface area contributed by atoms with Crippen molar-refractivity contribution in [3.63, 3.8) is 0 Å². The highest BCUT2D eigenvalue weighted by atomic mass is 79.9. The molecule has 1 aliphatic rings. The van der Waals surface area contributed by atoms with Crippen LogP contribution in [0.5, 0.6) is 0 Å². The van der Waals surface area contributed by atoms with E-state index >= 15 is 0 Å². The largest absolute Gasteiger partial charge is 0.444 e. The van der Waals surface area contributed by atoms with Crippen molar-refractivity contribution in [3.8, 4) is 0 Å². The van der Waals surface area contributed by atoms with E-state index in [2.05, 4.69) is 26.2 Å². The van der Waals surface area contributed by atoms with E-state index in [9.17, 15) is 14.0 Å². The van der Waals surface area contributed by atoms with Crippen molar-refractivity contribution in [1.82, 2.24) is 10.2 Å². The minimum Gasteiger partial charge on any atom is -0.444 e. The summed E-state index contributed by atoms with van der Waals surface area (Å²) in [6.45, 7) is 10.3. The topological polar surface area (TPSA) is 71.0 Å². The van der Waals surface area contributed by atoms with Crippen LogP contribution in [0.25, 0.3) is 0 Å². The van der Waals surface area contributed by atoms with Gasteiger partial charge in [0.15, 0.2) is 0 Å². The number of hydrogen-bond donors (Lipinski definition) is 1. The molecule has 2 rings (SSSR count). The van der Waals surface area contributed by atoms with Gasteiger partial charge in [-0.25, -0.2) is 14.2 Å². The van der Waals surface area contributed by atoms with Gasteiger partial charge in [-0.3, -0.25) is 15.0 Å². The number of guanidine groups is 1. The summed E-state index contributed by atoms with van der Waals surface area (Å²) >= 11 is 3.34. The lowest BCUT2D eigenvalue weighted by Crippen LogP contribution is -2.60. The average Bonchev–Trinajstić information content (AvgIpc) is 2.51. The monoisotopic (exact) mass is 441 g/mol. The van der Waals surface area contributed by atoms with E-state index in [0.29, 0.717) is 4.47 Å². The van der Waals surface area contributed by atoms with Crippen molar-refractivity contribution in [2.24, 2.45) is 10.4 Å². The first-order valence-corrected chi connectivity index (χ1v) is 9.32. The molecule has 1 aromatic carbocycles. The molecule has 1 atom stereocenters. The molecule has 27 heavy (non-hydrogen) atoms. The zero-order valence-electron chi connectivity index (χ0n) is 16.6. The fourth-order valence-corrected chi connectivity index (χ4v) is 3.29. The number of alkyl carbamates (subject to hydrolysis) is 1. The molecule has 148 valence electrons. The molecule has 0 aliphatic carbocycles. The number of rotatable bonds is 1. The van der Waals surface area contributed by atoms with Crippen molar-refractivity contribution in [1.29, 1.82) is 0 Å². The van der Waals surface area contributed by atoms with Crippen LogP contribution in [0, 0.1) is 11.2 Å². The second kappa shape index (κ2) is 6.89. The van der Waals surface area contributed by atoms with Crippen molar-refractivity contribution >= 4 is 33.9 Å². The Morgan fingerprint density at radius 2 is 1.89 bits per heavy atom. The molecule has 0 aromatic heterocycles. The van der Waals surface area contributed by atoms with Gasteiger partial charge in [0.05, 0.1) is 5.41 Å². The fraction of sp³-hybridized carbons (Fsp3) is 0.526. The van der Waals surface area contributed by atoms with Crippen LogP contribution in [0.15, 0.2) is 27.7 Å². The number of carbonyl (C=O) groups excluding carboxylic acids is 2. The van der Waals surface area contributed by atoms with Gasteiger partial charge < -0.3 is 4.74 Å². The maximum atomic E-state index is 14.7. The highest BCUT2D eigenvalue weighted by Crippen LogP contribution is 2.47. The summed E-state index contributed by atoms with van der Waals surface area (Å²) < 4.78 is 20.6. The van der Waals surface area contributed by atoms with E-state index in [1.54, 1.807) is 53.7 Å². The van der Waals surface area contributed by atoms with Crippen molar-refractivity contribution < 1.29 is 18.7 Å². The number of carbonyl (C=O) groups is 2. The van der Waals surface area contributed by atoms with Crippen LogP contribution < -0.4 is 5.32 Å². The van der Waals surface area contributed by atoms with Crippen LogP contribution in [-0.2, 0) is 15.1 Å². The third-order valence-corrected chi connectivity index (χ3v) is 5.26. The third-order valence-electron chi connectivity index (χ3n) is 4.77. The normalized spacial score (nSPS) is 22.3. The maximum Gasteiger partial charge on any atom is 0.414 e. The number of amides is 2. The lowest BCUT2D eigenvalue weighted by molar-refractivity contribution is -0.140. The molecule has 0 saturated heterocycles. The highest BCUT2D eigenvalue weighted by Gasteiger charge is 2.54. The Kier molecular flexibility index (Phi) is 5.45. The number of nitrogens with one attached hydrogen (secondary N) is 1. The van der Waals surface area contributed by atoms with Gasteiger partial charge in [-0.2, -0.15) is 0 Å². The maximum absolute atomic E-state index is 14.7. The minimum absolute atomic E-state index is 0.00968. The first-order chi connectivity index (χ1) is 12.2. The Bertz CT molecular complexity index is 817. The number of benzene rings is 1. The highest BCUT2D eigenvalue weighted by molar-refractivity contribution is 9.10. The fourth-order valence-electron chi connectivity index (χ4n) is 2.92. The molecule has 6 nitrogen and oxygen atoms in total. The molecule has 1 N–H and O–H groups in total. The van der Waals surface area contributed by atoms with Gasteiger partial charge in [0.1, 0.15) is 17.0 Å². The van der Waals surface area contributed by atoms with E-state index in [0.717, 1.165) is 0 Å². The molecule has 0 spiro atoms. The van der Waals surface area contributed by atoms with Gasteiger partial charge in [-0.15, -0.1) is 0 Å². The Morgan fingerprint density at radius 1 is 1.30 bits per heavy atom. The van der Waals surface area contributed by atoms with E-state index < -0.39 is 28.5 Å². The van der Waals surface area contributed by atoms with Crippen LogP contribution in [0.3, 0.4) is 0 Å². The van der Waals surface area contributed by atoms with Crippen molar-refractivity contribution in [3.05, 3.63) is 34.1 Å². The lowest BCUT2D eigenvalue weighted by atomic mass is 9.67. The number of aliphatic imine (C=N–C) groups is 1. The Balaban J connectivity index is 2.57. The summed E-state index contributed by atoms with van der Waals surface area (Å²) in [5.41, 5.74) is -2.75. The summed E-state index contributed by atoms with van der Waals surface area (Å²) in [5, 5.41) is 2.51. The summed E-state index contributed by atoms with van der Waals surface area (Å²) in [7, 11) is 1.51. The molecule has 0 radical (unpaired) electrons. The zero-order chi connectivity index (χ0) is 20.8. The molecule has 2 amide bonds. The second-order valence-corrected chi connectivity index (χ2v) is 9.16. The summed E-state index contributed by atoms with van der Waals surface area (Å²) in [5.74, 6) is -0.771. The minimum atomic E-state index is -1.24. The van der Waals surface area contributed by atoms with E-state index in [-0.39, 0.29) is 17.4 Å². The average molecular weight is 442 g/mol. The molecule has 8 heteroatoms.